The molecule has 4 aliphatic rings. The summed E-state index contributed by atoms with van der Waals surface area (Å²) in [6.45, 7) is 3.09. The number of nitrogens with zero attached hydrogens (tertiary/aromatic N) is 1. The SMILES string of the molecule is CO[C@@H]1CN2Cc3cc4c(cc3[C@@H]3[C@H](OC(C)=O)[C@@H](O)C=C1[C@H]32)OCO4. The summed E-state index contributed by atoms with van der Waals surface area (Å²) in [7, 11) is 1.69. The molecule has 26 heavy (non-hydrogen) atoms. The highest BCUT2D eigenvalue weighted by atomic mass is 16.7. The minimum absolute atomic E-state index is 0.0422. The smallest absolute Gasteiger partial charge is 0.303 e. The number of methoxy groups -OCH3 is 1. The average Bonchev–Trinajstić information content (AvgIpc) is 3.19. The first kappa shape index (κ1) is 16.1. The maximum absolute atomic E-state index is 11.7. The van der Waals surface area contributed by atoms with Crippen LogP contribution < -0.4 is 9.47 Å². The molecule has 0 aromatic heterocycles. The van der Waals surface area contributed by atoms with Crippen molar-refractivity contribution in [2.24, 2.45) is 0 Å². The molecule has 0 spiro atoms. The number of aliphatic hydroxyl groups is 1. The van der Waals surface area contributed by atoms with Gasteiger partial charge in [0.1, 0.15) is 12.2 Å². The molecule has 1 aromatic rings. The Bertz CT molecular complexity index is 805. The van der Waals surface area contributed by atoms with Crippen LogP contribution in [0.15, 0.2) is 23.8 Å². The zero-order chi connectivity index (χ0) is 18.0. The lowest BCUT2D eigenvalue weighted by molar-refractivity contribution is -0.154. The van der Waals surface area contributed by atoms with Crippen molar-refractivity contribution < 1.29 is 28.8 Å². The fraction of sp³-hybridized carbons (Fsp3) is 0.526. The summed E-state index contributed by atoms with van der Waals surface area (Å²) in [6.07, 6.45) is 0.230. The summed E-state index contributed by atoms with van der Waals surface area (Å²) in [6, 6.07) is 4.02. The maximum Gasteiger partial charge on any atom is 0.303 e. The molecule has 3 aliphatic heterocycles. The van der Waals surface area contributed by atoms with Crippen LogP contribution in [0, 0.1) is 0 Å². The number of rotatable bonds is 2. The number of hydrogen-bond donors (Lipinski definition) is 1. The topological polar surface area (TPSA) is 77.5 Å². The number of hydrogen-bond acceptors (Lipinski definition) is 7. The van der Waals surface area contributed by atoms with Crippen LogP contribution >= 0.6 is 0 Å². The van der Waals surface area contributed by atoms with E-state index in [2.05, 4.69) is 4.90 Å². The Balaban J connectivity index is 1.66. The van der Waals surface area contributed by atoms with Crippen LogP contribution in [0.5, 0.6) is 11.5 Å². The molecule has 7 heteroatoms. The Labute approximate surface area is 151 Å². The van der Waals surface area contributed by atoms with E-state index in [4.69, 9.17) is 18.9 Å². The molecule has 1 saturated heterocycles. The van der Waals surface area contributed by atoms with Gasteiger partial charge in [0.2, 0.25) is 6.79 Å². The number of benzene rings is 1. The predicted molar refractivity (Wildman–Crippen MR) is 89.9 cm³/mol. The molecule has 1 aliphatic carbocycles. The van der Waals surface area contributed by atoms with Crippen molar-refractivity contribution in [2.45, 2.75) is 43.7 Å². The Morgan fingerprint density at radius 3 is 2.81 bits per heavy atom. The molecule has 0 bridgehead atoms. The second-order valence-corrected chi connectivity index (χ2v) is 7.26. The highest BCUT2D eigenvalue weighted by Gasteiger charge is 2.53. The van der Waals surface area contributed by atoms with E-state index in [0.29, 0.717) is 5.75 Å². The molecule has 1 aromatic carbocycles. The van der Waals surface area contributed by atoms with Crippen LogP contribution in [-0.4, -0.2) is 60.8 Å². The minimum Gasteiger partial charge on any atom is -0.459 e. The molecule has 0 saturated carbocycles. The number of ether oxygens (including phenoxy) is 4. The van der Waals surface area contributed by atoms with E-state index in [1.807, 2.05) is 12.1 Å². The molecule has 0 radical (unpaired) electrons. The molecular weight excluding hydrogens is 338 g/mol. The third-order valence-electron chi connectivity index (χ3n) is 5.85. The molecule has 1 N–H and O–H groups in total. The molecular formula is C19H21NO6. The van der Waals surface area contributed by atoms with Gasteiger partial charge >= 0.3 is 5.97 Å². The van der Waals surface area contributed by atoms with Gasteiger partial charge < -0.3 is 24.1 Å². The largest absolute Gasteiger partial charge is 0.459 e. The van der Waals surface area contributed by atoms with E-state index in [1.54, 1.807) is 13.2 Å². The summed E-state index contributed by atoms with van der Waals surface area (Å²) in [4.78, 5) is 14.0. The standard InChI is InChI=1S/C19H21NO6/c1-9(21)26-19-13(22)4-12-16(23-2)7-20-6-10-3-14-15(25-8-24-14)5-11(10)17(19)18(12)20/h3-5,13,16-19,22H,6-8H2,1-2H3/t13-,16+,17-,18+,19+/m0/s1. The fourth-order valence-electron chi connectivity index (χ4n) is 4.88. The highest BCUT2D eigenvalue weighted by Crippen LogP contribution is 2.50. The summed E-state index contributed by atoms with van der Waals surface area (Å²) in [5.74, 6) is 0.866. The van der Waals surface area contributed by atoms with Gasteiger partial charge in [-0.1, -0.05) is 0 Å². The van der Waals surface area contributed by atoms with Crippen molar-refractivity contribution in [1.29, 1.82) is 0 Å². The summed E-state index contributed by atoms with van der Waals surface area (Å²) in [5, 5.41) is 10.7. The quantitative estimate of drug-likeness (QED) is 0.622. The molecule has 7 nitrogen and oxygen atoms in total. The first-order valence-corrected chi connectivity index (χ1v) is 8.83. The first-order valence-electron chi connectivity index (χ1n) is 8.83. The predicted octanol–water partition coefficient (Wildman–Crippen LogP) is 0.944. The molecule has 3 heterocycles. The Morgan fingerprint density at radius 1 is 1.31 bits per heavy atom. The second-order valence-electron chi connectivity index (χ2n) is 7.26. The van der Waals surface area contributed by atoms with E-state index in [1.165, 1.54) is 6.92 Å². The summed E-state index contributed by atoms with van der Waals surface area (Å²) < 4.78 is 22.3. The number of aliphatic hydroxyl groups excluding tert-OH is 1. The zero-order valence-electron chi connectivity index (χ0n) is 14.7. The van der Waals surface area contributed by atoms with Crippen LogP contribution in [0.1, 0.15) is 24.0 Å². The number of esters is 1. The van der Waals surface area contributed by atoms with Crippen molar-refractivity contribution in [3.8, 4) is 11.5 Å². The van der Waals surface area contributed by atoms with Crippen molar-refractivity contribution in [2.75, 3.05) is 20.4 Å². The monoisotopic (exact) mass is 359 g/mol. The van der Waals surface area contributed by atoms with Gasteiger partial charge in [0.25, 0.3) is 0 Å². The van der Waals surface area contributed by atoms with E-state index >= 15 is 0 Å². The number of carbonyl (C=O) groups excluding carboxylic acids is 1. The third kappa shape index (κ3) is 2.21. The van der Waals surface area contributed by atoms with Gasteiger partial charge in [-0.15, -0.1) is 0 Å². The lowest BCUT2D eigenvalue weighted by Gasteiger charge is -2.45. The van der Waals surface area contributed by atoms with E-state index < -0.39 is 18.2 Å². The van der Waals surface area contributed by atoms with Crippen molar-refractivity contribution in [3.05, 3.63) is 34.9 Å². The summed E-state index contributed by atoms with van der Waals surface area (Å²) in [5.41, 5.74) is 3.22. The fourth-order valence-corrected chi connectivity index (χ4v) is 4.88. The Hall–Kier alpha value is -2.09. The van der Waals surface area contributed by atoms with E-state index in [-0.39, 0.29) is 24.9 Å². The molecule has 138 valence electrons. The lowest BCUT2D eigenvalue weighted by atomic mass is 9.72. The zero-order valence-corrected chi connectivity index (χ0v) is 14.7. The van der Waals surface area contributed by atoms with Crippen LogP contribution in [0.25, 0.3) is 0 Å². The molecule has 0 unspecified atom stereocenters. The summed E-state index contributed by atoms with van der Waals surface area (Å²) >= 11 is 0. The molecule has 5 atom stereocenters. The van der Waals surface area contributed by atoms with Crippen LogP contribution in [0.3, 0.4) is 0 Å². The molecule has 1 fully saturated rings. The van der Waals surface area contributed by atoms with Crippen LogP contribution in [0.2, 0.25) is 0 Å². The van der Waals surface area contributed by atoms with Gasteiger partial charge in [-0.3, -0.25) is 9.69 Å². The van der Waals surface area contributed by atoms with Crippen molar-refractivity contribution >= 4 is 5.97 Å². The van der Waals surface area contributed by atoms with Crippen molar-refractivity contribution in [3.63, 3.8) is 0 Å². The number of carbonyl (C=O) groups is 1. The van der Waals surface area contributed by atoms with E-state index in [0.717, 1.165) is 35.5 Å². The van der Waals surface area contributed by atoms with Gasteiger partial charge in [-0.25, -0.2) is 0 Å². The third-order valence-corrected chi connectivity index (χ3v) is 5.85. The van der Waals surface area contributed by atoms with E-state index in [9.17, 15) is 9.90 Å². The first-order chi connectivity index (χ1) is 12.6. The van der Waals surface area contributed by atoms with Gasteiger partial charge in [0, 0.05) is 39.1 Å². The Morgan fingerprint density at radius 2 is 2.08 bits per heavy atom. The second kappa shape index (κ2) is 5.70. The maximum atomic E-state index is 11.7. The normalized spacial score (nSPS) is 34.1. The lowest BCUT2D eigenvalue weighted by Crippen LogP contribution is -2.51. The average molecular weight is 359 g/mol. The van der Waals surface area contributed by atoms with Gasteiger partial charge in [0.05, 0.1) is 6.10 Å². The van der Waals surface area contributed by atoms with Gasteiger partial charge in [-0.05, 0) is 34.9 Å². The highest BCUT2D eigenvalue weighted by molar-refractivity contribution is 5.67. The van der Waals surface area contributed by atoms with Gasteiger partial charge in [-0.2, -0.15) is 0 Å². The molecule has 0 amide bonds. The number of fused-ring (bicyclic) bond motifs is 3. The van der Waals surface area contributed by atoms with Crippen LogP contribution in [0.4, 0.5) is 0 Å². The van der Waals surface area contributed by atoms with Crippen LogP contribution in [-0.2, 0) is 20.8 Å². The van der Waals surface area contributed by atoms with Gasteiger partial charge in [0.15, 0.2) is 11.5 Å². The minimum atomic E-state index is -0.871. The molecule has 5 rings (SSSR count). The van der Waals surface area contributed by atoms with Crippen molar-refractivity contribution in [1.82, 2.24) is 4.90 Å². The Kier molecular flexibility index (Phi) is 3.53.